The summed E-state index contributed by atoms with van der Waals surface area (Å²) in [6, 6.07) is 15.7. The molecule has 1 amide bonds. The minimum Gasteiger partial charge on any atom is -0.497 e. The molecule has 4 rings (SSSR count). The summed E-state index contributed by atoms with van der Waals surface area (Å²) < 4.78 is 5.20. The maximum Gasteiger partial charge on any atom is 0.272 e. The molecule has 0 saturated heterocycles. The maximum absolute atomic E-state index is 12.9. The summed E-state index contributed by atoms with van der Waals surface area (Å²) in [5.41, 5.74) is 3.77. The van der Waals surface area contributed by atoms with E-state index in [4.69, 9.17) is 16.3 Å². The number of hydrogen-bond acceptors (Lipinski definition) is 2. The van der Waals surface area contributed by atoms with Crippen molar-refractivity contribution < 1.29 is 9.53 Å². The number of nitrogens with one attached hydrogen (secondary N) is 1. The molecular formula is C21H19ClN2O2. The number of benzene rings is 2. The van der Waals surface area contributed by atoms with Gasteiger partial charge in [-0.2, -0.15) is 0 Å². The highest BCUT2D eigenvalue weighted by Gasteiger charge is 2.23. The lowest BCUT2D eigenvalue weighted by Gasteiger charge is -2.26. The van der Waals surface area contributed by atoms with Gasteiger partial charge in [-0.25, -0.2) is 0 Å². The zero-order valence-electron chi connectivity index (χ0n) is 14.5. The predicted octanol–water partition coefficient (Wildman–Crippen LogP) is 4.76. The summed E-state index contributed by atoms with van der Waals surface area (Å²) in [6.45, 7) is 1.24. The van der Waals surface area contributed by atoms with E-state index in [0.717, 1.165) is 23.1 Å². The third-order valence-corrected chi connectivity index (χ3v) is 5.21. The first-order chi connectivity index (χ1) is 12.7. The Hall–Kier alpha value is -2.72. The highest BCUT2D eigenvalue weighted by Crippen LogP contribution is 2.30. The van der Waals surface area contributed by atoms with Crippen molar-refractivity contribution in [2.45, 2.75) is 6.42 Å². The van der Waals surface area contributed by atoms with Gasteiger partial charge >= 0.3 is 0 Å². The fourth-order valence-corrected chi connectivity index (χ4v) is 3.63. The van der Waals surface area contributed by atoms with E-state index in [0.29, 0.717) is 23.8 Å². The summed E-state index contributed by atoms with van der Waals surface area (Å²) in [5.74, 6) is 0.784. The second kappa shape index (κ2) is 6.89. The molecule has 0 spiro atoms. The number of para-hydroxylation sites is 1. The van der Waals surface area contributed by atoms with E-state index < -0.39 is 0 Å². The van der Waals surface area contributed by atoms with E-state index in [1.54, 1.807) is 7.11 Å². The molecule has 1 aromatic heterocycles. The van der Waals surface area contributed by atoms with Crippen LogP contribution in [-0.4, -0.2) is 36.0 Å². The van der Waals surface area contributed by atoms with E-state index in [2.05, 4.69) is 23.2 Å². The second-order valence-electron chi connectivity index (χ2n) is 6.32. The Morgan fingerprint density at radius 3 is 2.58 bits per heavy atom. The van der Waals surface area contributed by atoms with E-state index in [9.17, 15) is 4.79 Å². The van der Waals surface area contributed by atoms with Crippen LogP contribution in [0.15, 0.2) is 54.6 Å². The lowest BCUT2D eigenvalue weighted by Crippen LogP contribution is -2.35. The molecular weight excluding hydrogens is 348 g/mol. The van der Waals surface area contributed by atoms with Gasteiger partial charge in [0, 0.05) is 24.0 Å². The molecule has 0 bridgehead atoms. The van der Waals surface area contributed by atoms with Gasteiger partial charge in [-0.1, -0.05) is 48.0 Å². The molecule has 0 unspecified atom stereocenters. The van der Waals surface area contributed by atoms with Crippen molar-refractivity contribution >= 4 is 34.0 Å². The normalized spacial score (nSPS) is 14.4. The third kappa shape index (κ3) is 2.97. The Morgan fingerprint density at radius 2 is 1.92 bits per heavy atom. The summed E-state index contributed by atoms with van der Waals surface area (Å²) in [4.78, 5) is 17.9. The van der Waals surface area contributed by atoms with Crippen LogP contribution in [0, 0.1) is 0 Å². The fourth-order valence-electron chi connectivity index (χ4n) is 3.33. The van der Waals surface area contributed by atoms with Crippen LogP contribution < -0.4 is 4.74 Å². The van der Waals surface area contributed by atoms with Crippen LogP contribution in [0.4, 0.5) is 0 Å². The van der Waals surface area contributed by atoms with Crippen LogP contribution in [0.5, 0.6) is 5.75 Å². The van der Waals surface area contributed by atoms with E-state index in [1.165, 1.54) is 11.1 Å². The number of aromatic amines is 1. The number of fused-ring (bicyclic) bond motifs is 1. The van der Waals surface area contributed by atoms with Crippen molar-refractivity contribution in [3.8, 4) is 5.75 Å². The second-order valence-corrected chi connectivity index (χ2v) is 6.70. The molecule has 5 heteroatoms. The molecule has 0 aliphatic carbocycles. The monoisotopic (exact) mass is 366 g/mol. The Kier molecular flexibility index (Phi) is 4.43. The molecule has 2 aromatic carbocycles. The Bertz CT molecular complexity index is 989. The maximum atomic E-state index is 12.9. The van der Waals surface area contributed by atoms with Crippen LogP contribution in [0.1, 0.15) is 22.5 Å². The largest absolute Gasteiger partial charge is 0.497 e. The number of rotatable bonds is 3. The number of carbonyl (C=O) groups excluding carboxylic acids is 1. The molecule has 0 saturated carbocycles. The summed E-state index contributed by atoms with van der Waals surface area (Å²) in [6.07, 6.45) is 2.93. The van der Waals surface area contributed by atoms with Gasteiger partial charge in [0.25, 0.3) is 5.91 Å². The fraction of sp³-hybridized carbons (Fsp3) is 0.190. The van der Waals surface area contributed by atoms with E-state index >= 15 is 0 Å². The molecule has 132 valence electrons. The van der Waals surface area contributed by atoms with Crippen molar-refractivity contribution in [1.82, 2.24) is 9.88 Å². The Morgan fingerprint density at radius 1 is 1.15 bits per heavy atom. The average Bonchev–Trinajstić information content (AvgIpc) is 3.04. The SMILES string of the molecule is COc1ccc(C2=CCN(C(=O)c3[nH]c4ccccc4c3Cl)CC2)cc1. The quantitative estimate of drug-likeness (QED) is 0.726. The van der Waals surface area contributed by atoms with Gasteiger partial charge in [0.1, 0.15) is 11.4 Å². The topological polar surface area (TPSA) is 45.3 Å². The number of amides is 1. The molecule has 4 nitrogen and oxygen atoms in total. The van der Waals surface area contributed by atoms with Crippen molar-refractivity contribution in [3.63, 3.8) is 0 Å². The number of hydrogen-bond donors (Lipinski definition) is 1. The minimum absolute atomic E-state index is 0.0590. The molecule has 0 fully saturated rings. The smallest absolute Gasteiger partial charge is 0.272 e. The number of methoxy groups -OCH3 is 1. The van der Waals surface area contributed by atoms with Crippen LogP contribution in [0.3, 0.4) is 0 Å². The van der Waals surface area contributed by atoms with Crippen LogP contribution in [-0.2, 0) is 0 Å². The summed E-state index contributed by atoms with van der Waals surface area (Å²) in [7, 11) is 1.66. The lowest BCUT2D eigenvalue weighted by atomic mass is 9.99. The highest BCUT2D eigenvalue weighted by molar-refractivity contribution is 6.38. The number of halogens is 1. The van der Waals surface area contributed by atoms with Gasteiger partial charge in [-0.15, -0.1) is 0 Å². The zero-order chi connectivity index (χ0) is 18.1. The number of aromatic nitrogens is 1. The molecule has 3 aromatic rings. The zero-order valence-corrected chi connectivity index (χ0v) is 15.2. The van der Waals surface area contributed by atoms with Crippen molar-refractivity contribution in [2.24, 2.45) is 0 Å². The van der Waals surface area contributed by atoms with Crippen molar-refractivity contribution in [1.29, 1.82) is 0 Å². The minimum atomic E-state index is -0.0590. The predicted molar refractivity (Wildman–Crippen MR) is 105 cm³/mol. The first-order valence-corrected chi connectivity index (χ1v) is 8.94. The molecule has 26 heavy (non-hydrogen) atoms. The summed E-state index contributed by atoms with van der Waals surface area (Å²) in [5, 5.41) is 1.37. The Labute approximate surface area is 157 Å². The average molecular weight is 367 g/mol. The Balaban J connectivity index is 1.53. The van der Waals surface area contributed by atoms with Crippen molar-refractivity contribution in [2.75, 3.05) is 20.2 Å². The summed E-state index contributed by atoms with van der Waals surface area (Å²) >= 11 is 6.42. The first-order valence-electron chi connectivity index (χ1n) is 8.56. The van der Waals surface area contributed by atoms with Crippen LogP contribution >= 0.6 is 11.6 Å². The van der Waals surface area contributed by atoms with Crippen molar-refractivity contribution in [3.05, 3.63) is 70.9 Å². The van der Waals surface area contributed by atoms with Gasteiger partial charge in [0.15, 0.2) is 0 Å². The molecule has 1 aliphatic heterocycles. The van der Waals surface area contributed by atoms with E-state index in [1.807, 2.05) is 41.3 Å². The molecule has 1 N–H and O–H groups in total. The van der Waals surface area contributed by atoms with Crippen LogP contribution in [0.2, 0.25) is 5.02 Å². The van der Waals surface area contributed by atoms with Gasteiger partial charge in [0.2, 0.25) is 0 Å². The lowest BCUT2D eigenvalue weighted by molar-refractivity contribution is 0.0768. The van der Waals surface area contributed by atoms with Gasteiger partial charge in [-0.05, 0) is 35.8 Å². The van der Waals surface area contributed by atoms with Crippen LogP contribution in [0.25, 0.3) is 16.5 Å². The van der Waals surface area contributed by atoms with E-state index in [-0.39, 0.29) is 5.91 Å². The van der Waals surface area contributed by atoms with Gasteiger partial charge < -0.3 is 14.6 Å². The number of ether oxygens (including phenoxy) is 1. The molecule has 1 aliphatic rings. The number of nitrogens with zero attached hydrogens (tertiary/aromatic N) is 1. The highest BCUT2D eigenvalue weighted by atomic mass is 35.5. The first kappa shape index (κ1) is 16.7. The number of H-pyrrole nitrogens is 1. The van der Waals surface area contributed by atoms with Gasteiger partial charge in [0.05, 0.1) is 12.1 Å². The van der Waals surface area contributed by atoms with Gasteiger partial charge in [-0.3, -0.25) is 4.79 Å². The molecule has 2 heterocycles. The standard InChI is InChI=1S/C21H19ClN2O2/c1-26-16-8-6-14(7-9-16)15-10-12-24(13-11-15)21(25)20-19(22)17-4-2-3-5-18(17)23-20/h2-10,23H,11-13H2,1H3. The third-order valence-electron chi connectivity index (χ3n) is 4.81. The molecule has 0 atom stereocenters. The number of carbonyl (C=O) groups is 1. The molecule has 0 radical (unpaired) electrons.